The first-order valence-corrected chi connectivity index (χ1v) is 10.3. The molecule has 136 valence electrons. The lowest BCUT2D eigenvalue weighted by Crippen LogP contribution is -2.49. The van der Waals surface area contributed by atoms with Crippen LogP contribution in [0.5, 0.6) is 0 Å². The van der Waals surface area contributed by atoms with Crippen molar-refractivity contribution in [3.8, 4) is 0 Å². The molecule has 1 aliphatic rings. The first-order chi connectivity index (χ1) is 12.7. The van der Waals surface area contributed by atoms with Gasteiger partial charge in [0.25, 0.3) is 0 Å². The quantitative estimate of drug-likeness (QED) is 0.713. The highest BCUT2D eigenvalue weighted by atomic mass is 32.1. The highest BCUT2D eigenvalue weighted by molar-refractivity contribution is 7.16. The lowest BCUT2D eigenvalue weighted by Gasteiger charge is -2.35. The molecule has 3 aromatic heterocycles. The van der Waals surface area contributed by atoms with E-state index in [-0.39, 0.29) is 5.91 Å². The number of hydrogen-bond acceptors (Lipinski definition) is 9. The fraction of sp³-hybridized carbons (Fsp3) is 0.438. The third-order valence-electron chi connectivity index (χ3n) is 4.31. The van der Waals surface area contributed by atoms with Gasteiger partial charge in [-0.2, -0.15) is 0 Å². The summed E-state index contributed by atoms with van der Waals surface area (Å²) in [6, 6.07) is 2.09. The number of rotatable bonds is 5. The zero-order valence-corrected chi connectivity index (χ0v) is 16.0. The van der Waals surface area contributed by atoms with Crippen LogP contribution in [0, 0.1) is 0 Å². The molecule has 1 fully saturated rings. The number of hydrogen-bond donors (Lipinski definition) is 1. The second kappa shape index (κ2) is 7.60. The van der Waals surface area contributed by atoms with Gasteiger partial charge in [-0.05, 0) is 11.4 Å². The van der Waals surface area contributed by atoms with Crippen molar-refractivity contribution in [2.24, 2.45) is 0 Å². The van der Waals surface area contributed by atoms with Crippen LogP contribution in [0.4, 0.5) is 10.9 Å². The maximum absolute atomic E-state index is 12.1. The fourth-order valence-corrected chi connectivity index (χ4v) is 4.23. The molecule has 1 aliphatic heterocycles. The summed E-state index contributed by atoms with van der Waals surface area (Å²) in [6.07, 6.45) is 0.826. The number of carbonyl (C=O) groups excluding carboxylic acids is 1. The van der Waals surface area contributed by atoms with E-state index in [1.54, 1.807) is 16.8 Å². The topological polar surface area (TPSA) is 87.1 Å². The van der Waals surface area contributed by atoms with Gasteiger partial charge < -0.3 is 4.90 Å². The standard InChI is InChI=1S/C16H19N7OS2/c1-2-12-18-14(11-3-8-25-15(11)19-12)23-6-4-22(5-7-23)9-13(24)20-16-21-17-10-26-16/h3,8,10H,2,4-7,9H2,1H3,(H,20,21,24). The van der Waals surface area contributed by atoms with Crippen LogP contribution in [0.25, 0.3) is 10.2 Å². The molecule has 1 amide bonds. The van der Waals surface area contributed by atoms with Gasteiger partial charge in [0.1, 0.15) is 22.0 Å². The molecule has 1 N–H and O–H groups in total. The molecule has 0 radical (unpaired) electrons. The number of aryl methyl sites for hydroxylation is 1. The molecule has 4 heterocycles. The maximum Gasteiger partial charge on any atom is 0.240 e. The number of nitrogens with one attached hydrogen (secondary N) is 1. The Labute approximate surface area is 158 Å². The van der Waals surface area contributed by atoms with Crippen molar-refractivity contribution in [3.63, 3.8) is 0 Å². The SMILES string of the molecule is CCc1nc(N2CCN(CC(=O)Nc3nncs3)CC2)c2ccsc2n1. The van der Waals surface area contributed by atoms with E-state index in [9.17, 15) is 4.79 Å². The molecule has 3 aromatic rings. The molecule has 0 saturated carbocycles. The van der Waals surface area contributed by atoms with Gasteiger partial charge in [0.2, 0.25) is 11.0 Å². The molecule has 8 nitrogen and oxygen atoms in total. The zero-order valence-electron chi connectivity index (χ0n) is 14.4. The van der Waals surface area contributed by atoms with Crippen molar-refractivity contribution in [3.05, 3.63) is 22.8 Å². The normalized spacial score (nSPS) is 15.5. The minimum atomic E-state index is -0.0502. The Hall–Kier alpha value is -2.17. The predicted molar refractivity (Wildman–Crippen MR) is 104 cm³/mol. The average molecular weight is 390 g/mol. The Bertz CT molecular complexity index is 887. The van der Waals surface area contributed by atoms with E-state index >= 15 is 0 Å². The van der Waals surface area contributed by atoms with Crippen LogP contribution in [0.1, 0.15) is 12.7 Å². The summed E-state index contributed by atoms with van der Waals surface area (Å²) >= 11 is 2.98. The maximum atomic E-state index is 12.1. The van der Waals surface area contributed by atoms with Crippen LogP contribution in [0.3, 0.4) is 0 Å². The predicted octanol–water partition coefficient (Wildman–Crippen LogP) is 1.87. The van der Waals surface area contributed by atoms with Crippen molar-refractivity contribution in [2.45, 2.75) is 13.3 Å². The van der Waals surface area contributed by atoms with Gasteiger partial charge in [0, 0.05) is 32.6 Å². The summed E-state index contributed by atoms with van der Waals surface area (Å²) in [5.74, 6) is 1.85. The van der Waals surface area contributed by atoms with E-state index in [2.05, 4.69) is 48.7 Å². The van der Waals surface area contributed by atoms with Gasteiger partial charge >= 0.3 is 0 Å². The molecule has 0 aromatic carbocycles. The lowest BCUT2D eigenvalue weighted by molar-refractivity contribution is -0.117. The molecule has 0 atom stereocenters. The highest BCUT2D eigenvalue weighted by Gasteiger charge is 2.22. The second-order valence-corrected chi connectivity index (χ2v) is 7.74. The Morgan fingerprint density at radius 3 is 2.81 bits per heavy atom. The zero-order chi connectivity index (χ0) is 17.9. The number of thiophene rings is 1. The third kappa shape index (κ3) is 3.67. The molecule has 1 saturated heterocycles. The van der Waals surface area contributed by atoms with E-state index in [1.807, 2.05) is 0 Å². The van der Waals surface area contributed by atoms with Crippen LogP contribution < -0.4 is 10.2 Å². The van der Waals surface area contributed by atoms with Gasteiger partial charge in [-0.15, -0.1) is 21.5 Å². The molecule has 4 rings (SSSR count). The number of aromatic nitrogens is 4. The summed E-state index contributed by atoms with van der Waals surface area (Å²) in [6.45, 7) is 5.77. The molecule has 0 spiro atoms. The smallest absolute Gasteiger partial charge is 0.240 e. The lowest BCUT2D eigenvalue weighted by atomic mass is 10.2. The van der Waals surface area contributed by atoms with Crippen LogP contribution in [0.2, 0.25) is 0 Å². The number of fused-ring (bicyclic) bond motifs is 1. The van der Waals surface area contributed by atoms with Crippen molar-refractivity contribution < 1.29 is 4.79 Å². The van der Waals surface area contributed by atoms with Gasteiger partial charge in [0.05, 0.1) is 11.9 Å². The fourth-order valence-electron chi connectivity index (χ4n) is 2.99. The number of piperazine rings is 1. The van der Waals surface area contributed by atoms with Gasteiger partial charge in [0.15, 0.2) is 0 Å². The highest BCUT2D eigenvalue weighted by Crippen LogP contribution is 2.28. The number of carbonyl (C=O) groups is 1. The van der Waals surface area contributed by atoms with E-state index in [1.165, 1.54) is 11.3 Å². The Kier molecular flexibility index (Phi) is 5.05. The minimum Gasteiger partial charge on any atom is -0.353 e. The summed E-state index contributed by atoms with van der Waals surface area (Å²) < 4.78 is 0. The van der Waals surface area contributed by atoms with E-state index in [0.29, 0.717) is 11.7 Å². The largest absolute Gasteiger partial charge is 0.353 e. The number of nitrogens with zero attached hydrogens (tertiary/aromatic N) is 6. The Balaban J connectivity index is 1.39. The summed E-state index contributed by atoms with van der Waals surface area (Å²) in [5.41, 5.74) is 1.60. The van der Waals surface area contributed by atoms with Crippen molar-refractivity contribution in [1.29, 1.82) is 0 Å². The number of anilines is 2. The van der Waals surface area contributed by atoms with Crippen molar-refractivity contribution in [1.82, 2.24) is 25.1 Å². The average Bonchev–Trinajstić information content (AvgIpc) is 3.33. The van der Waals surface area contributed by atoms with Crippen LogP contribution in [-0.2, 0) is 11.2 Å². The number of amides is 1. The minimum absolute atomic E-state index is 0.0502. The van der Waals surface area contributed by atoms with Crippen molar-refractivity contribution >= 4 is 49.7 Å². The molecular weight excluding hydrogens is 370 g/mol. The molecule has 10 heteroatoms. The third-order valence-corrected chi connectivity index (χ3v) is 5.73. The Morgan fingerprint density at radius 2 is 2.08 bits per heavy atom. The first kappa shape index (κ1) is 17.3. The molecular formula is C16H19N7OS2. The summed E-state index contributed by atoms with van der Waals surface area (Å²) in [4.78, 5) is 27.0. The molecule has 26 heavy (non-hydrogen) atoms. The summed E-state index contributed by atoms with van der Waals surface area (Å²) in [5, 5.41) is 14.1. The molecule has 0 unspecified atom stereocenters. The van der Waals surface area contributed by atoms with Crippen LogP contribution in [0.15, 0.2) is 17.0 Å². The summed E-state index contributed by atoms with van der Waals surface area (Å²) in [7, 11) is 0. The van der Waals surface area contributed by atoms with Crippen LogP contribution in [-0.4, -0.2) is 63.7 Å². The van der Waals surface area contributed by atoms with E-state index in [4.69, 9.17) is 4.98 Å². The molecule has 0 bridgehead atoms. The van der Waals surface area contributed by atoms with Gasteiger partial charge in [-0.25, -0.2) is 9.97 Å². The Morgan fingerprint density at radius 1 is 1.23 bits per heavy atom. The van der Waals surface area contributed by atoms with Crippen LogP contribution >= 0.6 is 22.7 Å². The van der Waals surface area contributed by atoms with Gasteiger partial charge in [-0.3, -0.25) is 15.0 Å². The monoisotopic (exact) mass is 389 g/mol. The van der Waals surface area contributed by atoms with Gasteiger partial charge in [-0.1, -0.05) is 18.3 Å². The first-order valence-electron chi connectivity index (χ1n) is 8.50. The van der Waals surface area contributed by atoms with E-state index < -0.39 is 0 Å². The van der Waals surface area contributed by atoms with Crippen molar-refractivity contribution in [2.75, 3.05) is 42.9 Å². The second-order valence-electron chi connectivity index (χ2n) is 6.01. The van der Waals surface area contributed by atoms with E-state index in [0.717, 1.165) is 54.5 Å². The molecule has 0 aliphatic carbocycles.